The number of nitrogens with one attached hydrogen (secondary N) is 1. The van der Waals surface area contributed by atoms with Crippen molar-refractivity contribution in [2.75, 3.05) is 5.43 Å². The molecule has 1 N–H and O–H groups in total. The number of halogens is 1. The number of benzene rings is 2. The number of para-hydroxylation sites is 2. The quantitative estimate of drug-likeness (QED) is 0.203. The first kappa shape index (κ1) is 17.3. The van der Waals surface area contributed by atoms with E-state index in [2.05, 4.69) is 30.7 Å². The average molecular weight is 393 g/mol. The Hall–Kier alpha value is -3.16. The molecule has 0 atom stereocenters. The van der Waals surface area contributed by atoms with Gasteiger partial charge in [0.2, 0.25) is 11.0 Å². The Morgan fingerprint density at radius 3 is 2.59 bits per heavy atom. The van der Waals surface area contributed by atoms with Gasteiger partial charge in [-0.1, -0.05) is 53.3 Å². The van der Waals surface area contributed by atoms with Crippen molar-refractivity contribution in [1.82, 2.24) is 9.97 Å². The van der Waals surface area contributed by atoms with Gasteiger partial charge in [0.1, 0.15) is 5.69 Å². The van der Waals surface area contributed by atoms with Crippen molar-refractivity contribution in [1.29, 1.82) is 0 Å². The van der Waals surface area contributed by atoms with Crippen LogP contribution in [0.3, 0.4) is 0 Å². The molecule has 0 bridgehead atoms. The molecule has 0 amide bonds. The SMILES string of the molecule is Clc1ccccc1N/N=C(/N=Nc1nc2ccccc2s1)c1ccccn1. The highest BCUT2D eigenvalue weighted by Crippen LogP contribution is 2.28. The Morgan fingerprint density at radius 1 is 0.963 bits per heavy atom. The number of fused-ring (bicyclic) bond motifs is 1. The van der Waals surface area contributed by atoms with Gasteiger partial charge in [0.15, 0.2) is 0 Å². The van der Waals surface area contributed by atoms with Crippen molar-refractivity contribution >= 4 is 49.8 Å². The standard InChI is InChI=1S/C19H13ClN6S/c20-13-7-1-2-8-14(13)23-24-18(16-10-5-6-12-21-16)25-26-19-22-15-9-3-4-11-17(15)27-19/h1-12,23H/b24-18+,26-25?. The highest BCUT2D eigenvalue weighted by Gasteiger charge is 2.07. The van der Waals surface area contributed by atoms with Gasteiger partial charge in [-0.3, -0.25) is 10.4 Å². The maximum atomic E-state index is 6.16. The van der Waals surface area contributed by atoms with Crippen molar-refractivity contribution in [3.8, 4) is 0 Å². The molecule has 0 saturated heterocycles. The van der Waals surface area contributed by atoms with E-state index in [1.807, 2.05) is 60.7 Å². The fourth-order valence-corrected chi connectivity index (χ4v) is 3.25. The molecular formula is C19H13ClN6S. The van der Waals surface area contributed by atoms with E-state index in [4.69, 9.17) is 11.6 Å². The van der Waals surface area contributed by atoms with Crippen molar-refractivity contribution in [3.63, 3.8) is 0 Å². The molecule has 0 fully saturated rings. The van der Waals surface area contributed by atoms with E-state index < -0.39 is 0 Å². The molecule has 2 aromatic carbocycles. The second-order valence-electron chi connectivity index (χ2n) is 5.41. The Labute approximate surface area is 164 Å². The molecule has 2 aromatic heterocycles. The van der Waals surface area contributed by atoms with Gasteiger partial charge in [0.25, 0.3) is 0 Å². The lowest BCUT2D eigenvalue weighted by Gasteiger charge is -2.04. The third kappa shape index (κ3) is 4.16. The number of hydrogen-bond donors (Lipinski definition) is 1. The molecule has 0 spiro atoms. The van der Waals surface area contributed by atoms with Crippen LogP contribution in [-0.2, 0) is 0 Å². The van der Waals surface area contributed by atoms with Gasteiger partial charge < -0.3 is 0 Å². The molecule has 4 rings (SSSR count). The predicted molar refractivity (Wildman–Crippen MR) is 110 cm³/mol. The minimum absolute atomic E-state index is 0.328. The summed E-state index contributed by atoms with van der Waals surface area (Å²) in [5, 5.41) is 13.9. The number of anilines is 1. The van der Waals surface area contributed by atoms with E-state index in [0.717, 1.165) is 10.2 Å². The van der Waals surface area contributed by atoms with E-state index >= 15 is 0 Å². The first-order valence-electron chi connectivity index (χ1n) is 8.06. The number of nitrogens with zero attached hydrogens (tertiary/aromatic N) is 5. The molecule has 0 aliphatic carbocycles. The second-order valence-corrected chi connectivity index (χ2v) is 6.82. The van der Waals surface area contributed by atoms with Crippen LogP contribution in [0.4, 0.5) is 10.8 Å². The average Bonchev–Trinajstić information content (AvgIpc) is 3.13. The fraction of sp³-hybridized carbons (Fsp3) is 0. The summed E-state index contributed by atoms with van der Waals surface area (Å²) in [4.78, 5) is 8.75. The summed E-state index contributed by atoms with van der Waals surface area (Å²) in [5.41, 5.74) is 5.06. The lowest BCUT2D eigenvalue weighted by atomic mass is 10.3. The number of amidine groups is 1. The Kier molecular flexibility index (Phi) is 5.13. The summed E-state index contributed by atoms with van der Waals surface area (Å²) in [7, 11) is 0. The summed E-state index contributed by atoms with van der Waals surface area (Å²) < 4.78 is 1.05. The lowest BCUT2D eigenvalue weighted by molar-refractivity contribution is 1.17. The van der Waals surface area contributed by atoms with Gasteiger partial charge in [0, 0.05) is 6.20 Å². The van der Waals surface area contributed by atoms with Crippen LogP contribution >= 0.6 is 22.9 Å². The van der Waals surface area contributed by atoms with E-state index in [-0.39, 0.29) is 0 Å². The first-order valence-corrected chi connectivity index (χ1v) is 9.26. The van der Waals surface area contributed by atoms with Crippen LogP contribution in [0.5, 0.6) is 0 Å². The topological polar surface area (TPSA) is 74.9 Å². The molecule has 132 valence electrons. The Morgan fingerprint density at radius 2 is 1.78 bits per heavy atom. The number of thiazole rings is 1. The molecule has 8 heteroatoms. The summed E-state index contributed by atoms with van der Waals surface area (Å²) in [5.74, 6) is 0.328. The van der Waals surface area contributed by atoms with Gasteiger partial charge in [0.05, 0.1) is 20.9 Å². The Bertz CT molecular complexity index is 1090. The zero-order valence-electron chi connectivity index (χ0n) is 14.0. The van der Waals surface area contributed by atoms with Gasteiger partial charge in [-0.05, 0) is 36.4 Å². The molecule has 2 heterocycles. The molecule has 6 nitrogen and oxygen atoms in total. The fourth-order valence-electron chi connectivity index (χ4n) is 2.28. The number of hydrogen-bond acceptors (Lipinski definition) is 6. The van der Waals surface area contributed by atoms with Crippen LogP contribution in [-0.4, -0.2) is 15.8 Å². The summed E-state index contributed by atoms with van der Waals surface area (Å²) in [6, 6.07) is 20.7. The first-order chi connectivity index (χ1) is 13.3. The third-order valence-corrected chi connectivity index (χ3v) is 4.81. The third-order valence-electron chi connectivity index (χ3n) is 3.56. The molecule has 0 aliphatic heterocycles. The second kappa shape index (κ2) is 8.03. The summed E-state index contributed by atoms with van der Waals surface area (Å²) in [6.45, 7) is 0. The predicted octanol–water partition coefficient (Wildman–Crippen LogP) is 5.90. The van der Waals surface area contributed by atoms with E-state index in [9.17, 15) is 0 Å². The minimum Gasteiger partial charge on any atom is -0.275 e. The molecule has 0 saturated carbocycles. The van der Waals surface area contributed by atoms with Gasteiger partial charge >= 0.3 is 0 Å². The van der Waals surface area contributed by atoms with Gasteiger partial charge in [-0.2, -0.15) is 5.10 Å². The smallest absolute Gasteiger partial charge is 0.231 e. The zero-order valence-corrected chi connectivity index (χ0v) is 15.5. The van der Waals surface area contributed by atoms with Gasteiger partial charge in [-0.15, -0.1) is 10.2 Å². The van der Waals surface area contributed by atoms with Crippen molar-refractivity contribution < 1.29 is 0 Å². The number of aromatic nitrogens is 2. The normalized spacial score (nSPS) is 12.0. The van der Waals surface area contributed by atoms with Crippen LogP contribution in [0.25, 0.3) is 10.2 Å². The number of azo groups is 1. The summed E-state index contributed by atoms with van der Waals surface area (Å²) >= 11 is 7.62. The van der Waals surface area contributed by atoms with E-state index in [1.54, 1.807) is 12.3 Å². The van der Waals surface area contributed by atoms with Crippen LogP contribution in [0, 0.1) is 0 Å². The largest absolute Gasteiger partial charge is 0.275 e. The minimum atomic E-state index is 0.328. The lowest BCUT2D eigenvalue weighted by Crippen LogP contribution is -2.03. The molecule has 0 aliphatic rings. The highest BCUT2D eigenvalue weighted by molar-refractivity contribution is 7.21. The van der Waals surface area contributed by atoms with Crippen LogP contribution < -0.4 is 5.43 Å². The maximum Gasteiger partial charge on any atom is 0.231 e. The van der Waals surface area contributed by atoms with Crippen molar-refractivity contribution in [2.24, 2.45) is 15.3 Å². The molecule has 4 aromatic rings. The van der Waals surface area contributed by atoms with E-state index in [1.165, 1.54) is 11.3 Å². The number of rotatable bonds is 4. The van der Waals surface area contributed by atoms with Crippen molar-refractivity contribution in [2.45, 2.75) is 0 Å². The van der Waals surface area contributed by atoms with Crippen LogP contribution in [0.1, 0.15) is 5.69 Å². The van der Waals surface area contributed by atoms with Gasteiger partial charge in [-0.25, -0.2) is 4.98 Å². The van der Waals surface area contributed by atoms with Crippen molar-refractivity contribution in [3.05, 3.63) is 83.6 Å². The number of hydrazone groups is 1. The van der Waals surface area contributed by atoms with E-state index in [0.29, 0.717) is 27.4 Å². The monoisotopic (exact) mass is 392 g/mol. The molecule has 27 heavy (non-hydrogen) atoms. The zero-order chi connectivity index (χ0) is 18.5. The van der Waals surface area contributed by atoms with Crippen LogP contribution in [0.15, 0.2) is 88.3 Å². The Balaban J connectivity index is 1.65. The molecule has 0 radical (unpaired) electrons. The summed E-state index contributed by atoms with van der Waals surface area (Å²) in [6.07, 6.45) is 1.67. The molecule has 0 unspecified atom stereocenters. The number of pyridine rings is 1. The highest BCUT2D eigenvalue weighted by atomic mass is 35.5. The van der Waals surface area contributed by atoms with Crippen LogP contribution in [0.2, 0.25) is 5.02 Å². The maximum absolute atomic E-state index is 6.16. The molecular weight excluding hydrogens is 380 g/mol.